The third kappa shape index (κ3) is 3.85. The summed E-state index contributed by atoms with van der Waals surface area (Å²) in [6, 6.07) is 10.6. The van der Waals surface area contributed by atoms with Gasteiger partial charge in [-0.2, -0.15) is 5.10 Å². The molecule has 0 unspecified atom stereocenters. The second-order valence-corrected chi connectivity index (χ2v) is 7.27. The molecule has 0 aromatic carbocycles. The molecule has 0 radical (unpaired) electrons. The lowest BCUT2D eigenvalue weighted by atomic mass is 10.1. The Hall–Kier alpha value is -2.73. The van der Waals surface area contributed by atoms with Gasteiger partial charge in [-0.25, -0.2) is 4.98 Å². The van der Waals surface area contributed by atoms with Crippen molar-refractivity contribution in [1.82, 2.24) is 24.6 Å². The Morgan fingerprint density at radius 1 is 1.15 bits per heavy atom. The lowest BCUT2D eigenvalue weighted by Crippen LogP contribution is -2.23. The van der Waals surface area contributed by atoms with Crippen LogP contribution in [0.25, 0.3) is 0 Å². The van der Waals surface area contributed by atoms with Crippen LogP contribution in [0.15, 0.2) is 42.7 Å². The normalized spacial score (nSPS) is 17.4. The average Bonchev–Trinajstić information content (AvgIpc) is 3.25. The molecule has 6 heteroatoms. The summed E-state index contributed by atoms with van der Waals surface area (Å²) in [7, 11) is 2.00. The van der Waals surface area contributed by atoms with Crippen molar-refractivity contribution in [3.05, 3.63) is 65.4 Å². The van der Waals surface area contributed by atoms with Crippen molar-refractivity contribution in [2.45, 2.75) is 39.3 Å². The van der Waals surface area contributed by atoms with Crippen LogP contribution in [0, 0.1) is 13.8 Å². The Balaban J connectivity index is 1.46. The maximum absolute atomic E-state index is 4.75. The van der Waals surface area contributed by atoms with Crippen LogP contribution in [0.4, 0.5) is 11.5 Å². The lowest BCUT2D eigenvalue weighted by molar-refractivity contribution is 0.244. The van der Waals surface area contributed by atoms with Crippen LogP contribution in [-0.2, 0) is 13.6 Å². The highest BCUT2D eigenvalue weighted by molar-refractivity contribution is 5.55. The highest BCUT2D eigenvalue weighted by Crippen LogP contribution is 2.33. The number of nitrogens with zero attached hydrogens (tertiary/aromatic N) is 5. The third-order valence-electron chi connectivity index (χ3n) is 5.36. The summed E-state index contributed by atoms with van der Waals surface area (Å²) in [4.78, 5) is 11.7. The van der Waals surface area contributed by atoms with Crippen molar-refractivity contribution < 1.29 is 0 Å². The fourth-order valence-electron chi connectivity index (χ4n) is 3.71. The number of rotatable bonds is 5. The standard InChI is InChI=1S/C21H26N6/c1-15-6-4-8-21(24-15)25-18-9-10-19(22-13-18)20-7-5-11-27(20)14-17-12-23-26(3)16(17)2/h4,6,8-10,12-13,20H,5,7,11,14H2,1-3H3,(H,24,25)/t20-/m0/s1. The zero-order chi connectivity index (χ0) is 18.8. The molecule has 1 atom stereocenters. The Morgan fingerprint density at radius 2 is 2.04 bits per heavy atom. The smallest absolute Gasteiger partial charge is 0.130 e. The van der Waals surface area contributed by atoms with Gasteiger partial charge in [-0.3, -0.25) is 14.6 Å². The molecule has 3 aromatic heterocycles. The summed E-state index contributed by atoms with van der Waals surface area (Å²) in [6.45, 7) is 6.16. The summed E-state index contributed by atoms with van der Waals surface area (Å²) < 4.78 is 1.94. The molecule has 0 amide bonds. The van der Waals surface area contributed by atoms with Gasteiger partial charge in [0.1, 0.15) is 5.82 Å². The zero-order valence-electron chi connectivity index (χ0n) is 16.2. The molecular formula is C21H26N6. The van der Waals surface area contributed by atoms with E-state index < -0.39 is 0 Å². The van der Waals surface area contributed by atoms with Gasteiger partial charge < -0.3 is 5.32 Å². The van der Waals surface area contributed by atoms with Gasteiger partial charge in [0.15, 0.2) is 0 Å². The van der Waals surface area contributed by atoms with E-state index in [9.17, 15) is 0 Å². The Morgan fingerprint density at radius 3 is 2.74 bits per heavy atom. The van der Waals surface area contributed by atoms with Crippen molar-refractivity contribution in [2.24, 2.45) is 7.05 Å². The second-order valence-electron chi connectivity index (χ2n) is 7.27. The molecule has 0 aliphatic carbocycles. The molecule has 0 saturated carbocycles. The molecule has 27 heavy (non-hydrogen) atoms. The number of hydrogen-bond donors (Lipinski definition) is 1. The van der Waals surface area contributed by atoms with Crippen molar-refractivity contribution in [3.8, 4) is 0 Å². The first kappa shape index (κ1) is 17.7. The minimum absolute atomic E-state index is 0.371. The molecule has 3 aromatic rings. The van der Waals surface area contributed by atoms with Crippen molar-refractivity contribution in [2.75, 3.05) is 11.9 Å². The number of hydrogen-bond acceptors (Lipinski definition) is 5. The van der Waals surface area contributed by atoms with Crippen LogP contribution in [0.5, 0.6) is 0 Å². The van der Waals surface area contributed by atoms with Crippen molar-refractivity contribution >= 4 is 11.5 Å². The molecule has 1 saturated heterocycles. The van der Waals surface area contributed by atoms with Crippen LogP contribution in [-0.4, -0.2) is 31.2 Å². The number of nitrogens with one attached hydrogen (secondary N) is 1. The molecule has 4 rings (SSSR count). The first-order valence-electron chi connectivity index (χ1n) is 9.48. The monoisotopic (exact) mass is 362 g/mol. The molecule has 0 bridgehead atoms. The van der Waals surface area contributed by atoms with Gasteiger partial charge in [-0.05, 0) is 57.5 Å². The highest BCUT2D eigenvalue weighted by Gasteiger charge is 2.27. The fourth-order valence-corrected chi connectivity index (χ4v) is 3.71. The van der Waals surface area contributed by atoms with Crippen molar-refractivity contribution in [1.29, 1.82) is 0 Å². The number of likely N-dealkylation sites (tertiary alicyclic amines) is 1. The van der Waals surface area contributed by atoms with Gasteiger partial charge in [0.2, 0.25) is 0 Å². The van der Waals surface area contributed by atoms with Crippen LogP contribution in [0.3, 0.4) is 0 Å². The van der Waals surface area contributed by atoms with Gasteiger partial charge in [0.25, 0.3) is 0 Å². The summed E-state index contributed by atoms with van der Waals surface area (Å²) in [5, 5.41) is 7.70. The van der Waals surface area contributed by atoms with E-state index in [4.69, 9.17) is 4.98 Å². The summed E-state index contributed by atoms with van der Waals surface area (Å²) in [6.07, 6.45) is 6.25. The molecule has 1 aliphatic heterocycles. The van der Waals surface area contributed by atoms with Gasteiger partial charge in [0, 0.05) is 30.5 Å². The third-order valence-corrected chi connectivity index (χ3v) is 5.36. The van der Waals surface area contributed by atoms with E-state index in [0.717, 1.165) is 42.4 Å². The minimum atomic E-state index is 0.371. The minimum Gasteiger partial charge on any atom is -0.339 e. The van der Waals surface area contributed by atoms with E-state index in [2.05, 4.69) is 39.4 Å². The van der Waals surface area contributed by atoms with E-state index in [-0.39, 0.29) is 0 Å². The maximum Gasteiger partial charge on any atom is 0.130 e. The largest absolute Gasteiger partial charge is 0.339 e. The van der Waals surface area contributed by atoms with E-state index >= 15 is 0 Å². The van der Waals surface area contributed by atoms with Gasteiger partial charge in [-0.1, -0.05) is 6.07 Å². The zero-order valence-corrected chi connectivity index (χ0v) is 16.2. The van der Waals surface area contributed by atoms with E-state index in [1.807, 2.05) is 49.2 Å². The van der Waals surface area contributed by atoms with Crippen molar-refractivity contribution in [3.63, 3.8) is 0 Å². The lowest BCUT2D eigenvalue weighted by Gasteiger charge is -2.24. The molecule has 6 nitrogen and oxygen atoms in total. The summed E-state index contributed by atoms with van der Waals surface area (Å²) >= 11 is 0. The fraction of sp³-hybridized carbons (Fsp3) is 0.381. The van der Waals surface area contributed by atoms with Crippen LogP contribution in [0.1, 0.15) is 41.5 Å². The van der Waals surface area contributed by atoms with E-state index in [0.29, 0.717) is 6.04 Å². The molecule has 140 valence electrons. The molecule has 1 fully saturated rings. The molecular weight excluding hydrogens is 336 g/mol. The molecule has 0 spiro atoms. The average molecular weight is 362 g/mol. The van der Waals surface area contributed by atoms with E-state index in [1.54, 1.807) is 0 Å². The summed E-state index contributed by atoms with van der Waals surface area (Å²) in [5.74, 6) is 0.846. The Kier molecular flexibility index (Phi) is 4.90. The summed E-state index contributed by atoms with van der Waals surface area (Å²) in [5.41, 5.74) is 5.63. The topological polar surface area (TPSA) is 58.9 Å². The van der Waals surface area contributed by atoms with Crippen LogP contribution >= 0.6 is 0 Å². The predicted octanol–water partition coefficient (Wildman–Crippen LogP) is 3.91. The second kappa shape index (κ2) is 7.48. The number of aryl methyl sites for hydroxylation is 2. The Labute approximate surface area is 160 Å². The molecule has 1 aliphatic rings. The quantitative estimate of drug-likeness (QED) is 0.746. The maximum atomic E-state index is 4.75. The van der Waals surface area contributed by atoms with Crippen LogP contribution < -0.4 is 5.32 Å². The highest BCUT2D eigenvalue weighted by atomic mass is 15.3. The van der Waals surface area contributed by atoms with Gasteiger partial charge >= 0.3 is 0 Å². The Bertz CT molecular complexity index is 915. The molecule has 1 N–H and O–H groups in total. The van der Waals surface area contributed by atoms with Gasteiger partial charge in [0.05, 0.1) is 29.8 Å². The first-order valence-corrected chi connectivity index (χ1v) is 9.48. The van der Waals surface area contributed by atoms with E-state index in [1.165, 1.54) is 17.7 Å². The van der Waals surface area contributed by atoms with Crippen LogP contribution in [0.2, 0.25) is 0 Å². The SMILES string of the molecule is Cc1cccc(Nc2ccc([C@@H]3CCCN3Cc3cnn(C)c3C)nc2)n1. The number of pyridine rings is 2. The first-order chi connectivity index (χ1) is 13.1. The number of aromatic nitrogens is 4. The van der Waals surface area contributed by atoms with Gasteiger partial charge in [-0.15, -0.1) is 0 Å². The molecule has 4 heterocycles. The predicted molar refractivity (Wildman–Crippen MR) is 107 cm³/mol. The number of anilines is 2.